The van der Waals surface area contributed by atoms with Gasteiger partial charge in [0.1, 0.15) is 6.10 Å². The Morgan fingerprint density at radius 2 is 1.96 bits per heavy atom. The average molecular weight is 375 g/mol. The number of para-hydroxylation sites is 1. The molecule has 0 saturated carbocycles. The van der Waals surface area contributed by atoms with Crippen molar-refractivity contribution < 1.29 is 9.53 Å². The lowest BCUT2D eigenvalue weighted by molar-refractivity contribution is -0.137. The highest BCUT2D eigenvalue weighted by molar-refractivity contribution is 7.20. The van der Waals surface area contributed by atoms with Crippen LogP contribution in [0.4, 0.5) is 0 Å². The number of carbonyl (C=O) groups is 1. The van der Waals surface area contributed by atoms with E-state index in [1.807, 2.05) is 0 Å². The predicted octanol–water partition coefficient (Wildman–Crippen LogP) is 5.19. The average Bonchev–Trinajstić information content (AvgIpc) is 3.05. The van der Waals surface area contributed by atoms with Crippen molar-refractivity contribution in [1.82, 2.24) is 9.88 Å². The highest BCUT2D eigenvalue weighted by atomic mass is 32.1. The molecule has 26 heavy (non-hydrogen) atoms. The maximum absolute atomic E-state index is 12.8. The molecule has 2 aromatic rings. The summed E-state index contributed by atoms with van der Waals surface area (Å²) in [6, 6.07) is 6.24. The third-order valence-corrected chi connectivity index (χ3v) is 6.16. The first kappa shape index (κ1) is 19.2. The summed E-state index contributed by atoms with van der Waals surface area (Å²) in [5, 5.41) is 0.758. The van der Waals surface area contributed by atoms with Crippen molar-refractivity contribution in [1.29, 1.82) is 0 Å². The molecule has 1 aromatic carbocycles. The summed E-state index contributed by atoms with van der Waals surface area (Å²) in [6.07, 6.45) is 6.12. The first-order chi connectivity index (χ1) is 12.6. The van der Waals surface area contributed by atoms with Crippen LogP contribution >= 0.6 is 11.3 Å². The number of likely N-dealkylation sites (tertiary alicyclic amines) is 1. The lowest BCUT2D eigenvalue weighted by Gasteiger charge is -2.34. The van der Waals surface area contributed by atoms with Crippen LogP contribution in [0.25, 0.3) is 10.2 Å². The second-order valence-electron chi connectivity index (χ2n) is 7.32. The minimum atomic E-state index is 0.163. The Bertz CT molecular complexity index is 729. The molecule has 2 heterocycles. The number of hydrogen-bond donors (Lipinski definition) is 0. The minimum Gasteiger partial charge on any atom is -0.467 e. The molecule has 1 amide bonds. The molecule has 3 rings (SSSR count). The molecule has 4 nitrogen and oxygen atoms in total. The van der Waals surface area contributed by atoms with Gasteiger partial charge >= 0.3 is 0 Å². The summed E-state index contributed by atoms with van der Waals surface area (Å²) in [6.45, 7) is 8.01. The third kappa shape index (κ3) is 4.37. The Hall–Kier alpha value is -1.62. The summed E-state index contributed by atoms with van der Waals surface area (Å²) in [5.41, 5.74) is 2.23. The molecule has 0 atom stereocenters. The summed E-state index contributed by atoms with van der Waals surface area (Å²) in [5.74, 6) is 0.553. The van der Waals surface area contributed by atoms with Crippen LogP contribution in [0.3, 0.4) is 0 Å². The fraction of sp³-hybridized carbons (Fsp3) is 0.619. The third-order valence-electron chi connectivity index (χ3n) is 5.25. The van der Waals surface area contributed by atoms with Crippen molar-refractivity contribution in [3.8, 4) is 5.19 Å². The standard InChI is InChI=1S/C21H30N2O2S/c1-4-7-16(8-5-2)20(24)23-13-11-17(12-14-23)25-21-22-19-15(3)9-6-10-18(19)26-21/h6,9-10,16-17H,4-5,7-8,11-14H2,1-3H3. The number of rotatable bonds is 7. The summed E-state index contributed by atoms with van der Waals surface area (Å²) >= 11 is 1.62. The van der Waals surface area contributed by atoms with Crippen LogP contribution in [-0.4, -0.2) is 35.0 Å². The number of piperidine rings is 1. The summed E-state index contributed by atoms with van der Waals surface area (Å²) in [4.78, 5) is 19.5. The zero-order valence-electron chi connectivity index (χ0n) is 16.2. The first-order valence-corrected chi connectivity index (χ1v) is 10.8. The normalized spacial score (nSPS) is 15.8. The number of nitrogens with zero attached hydrogens (tertiary/aromatic N) is 2. The number of thiazole rings is 1. The van der Waals surface area contributed by atoms with Gasteiger partial charge in [-0.25, -0.2) is 4.98 Å². The molecule has 1 aromatic heterocycles. The molecular weight excluding hydrogens is 344 g/mol. The molecule has 142 valence electrons. The van der Waals surface area contributed by atoms with Gasteiger partial charge in [-0.05, 0) is 31.4 Å². The molecule has 0 radical (unpaired) electrons. The van der Waals surface area contributed by atoms with E-state index in [1.165, 1.54) is 10.3 Å². The van der Waals surface area contributed by atoms with Crippen LogP contribution in [0.5, 0.6) is 5.19 Å². The Kier molecular flexibility index (Phi) is 6.52. The van der Waals surface area contributed by atoms with Crippen molar-refractivity contribution >= 4 is 27.5 Å². The maximum Gasteiger partial charge on any atom is 0.274 e. The molecule has 1 aliphatic heterocycles. The number of hydrogen-bond acceptors (Lipinski definition) is 4. The van der Waals surface area contributed by atoms with Gasteiger partial charge in [-0.3, -0.25) is 4.79 Å². The largest absolute Gasteiger partial charge is 0.467 e. The van der Waals surface area contributed by atoms with Gasteiger partial charge in [0.25, 0.3) is 5.19 Å². The van der Waals surface area contributed by atoms with Gasteiger partial charge in [0.05, 0.1) is 10.2 Å². The Morgan fingerprint density at radius 3 is 2.58 bits per heavy atom. The van der Waals surface area contributed by atoms with Gasteiger partial charge in [-0.2, -0.15) is 0 Å². The van der Waals surface area contributed by atoms with E-state index in [2.05, 4.69) is 48.9 Å². The number of aromatic nitrogens is 1. The highest BCUT2D eigenvalue weighted by Gasteiger charge is 2.28. The van der Waals surface area contributed by atoms with Gasteiger partial charge < -0.3 is 9.64 Å². The van der Waals surface area contributed by atoms with E-state index in [0.29, 0.717) is 5.91 Å². The predicted molar refractivity (Wildman–Crippen MR) is 108 cm³/mol. The monoisotopic (exact) mass is 374 g/mol. The van der Waals surface area contributed by atoms with E-state index in [1.54, 1.807) is 11.3 Å². The van der Waals surface area contributed by atoms with E-state index in [9.17, 15) is 4.79 Å². The van der Waals surface area contributed by atoms with Crippen LogP contribution in [0.1, 0.15) is 57.9 Å². The number of ether oxygens (including phenoxy) is 1. The minimum absolute atomic E-state index is 0.163. The number of fused-ring (bicyclic) bond motifs is 1. The summed E-state index contributed by atoms with van der Waals surface area (Å²) < 4.78 is 7.32. The number of benzene rings is 1. The summed E-state index contributed by atoms with van der Waals surface area (Å²) in [7, 11) is 0. The van der Waals surface area contributed by atoms with Crippen LogP contribution in [0.15, 0.2) is 18.2 Å². The fourth-order valence-electron chi connectivity index (χ4n) is 3.80. The van der Waals surface area contributed by atoms with E-state index in [0.717, 1.165) is 62.3 Å². The molecule has 1 fully saturated rings. The van der Waals surface area contributed by atoms with E-state index in [4.69, 9.17) is 4.74 Å². The molecule has 0 bridgehead atoms. The molecule has 0 N–H and O–H groups in total. The van der Waals surface area contributed by atoms with Crippen molar-refractivity contribution in [2.24, 2.45) is 5.92 Å². The maximum atomic E-state index is 12.8. The zero-order valence-corrected chi connectivity index (χ0v) is 17.0. The van der Waals surface area contributed by atoms with E-state index >= 15 is 0 Å². The van der Waals surface area contributed by atoms with Crippen molar-refractivity contribution in [2.75, 3.05) is 13.1 Å². The second kappa shape index (κ2) is 8.85. The SMILES string of the molecule is CCCC(CCC)C(=O)N1CCC(Oc2nc3c(C)cccc3s2)CC1. The Balaban J connectivity index is 1.56. The quantitative estimate of drug-likeness (QED) is 0.670. The molecule has 1 aliphatic rings. The van der Waals surface area contributed by atoms with Crippen LogP contribution in [-0.2, 0) is 4.79 Å². The van der Waals surface area contributed by atoms with Gasteiger partial charge in [0.15, 0.2) is 0 Å². The topological polar surface area (TPSA) is 42.4 Å². The van der Waals surface area contributed by atoms with Crippen LogP contribution in [0, 0.1) is 12.8 Å². The van der Waals surface area contributed by atoms with Gasteiger partial charge in [-0.15, -0.1) is 0 Å². The molecule has 0 spiro atoms. The number of carbonyl (C=O) groups excluding carboxylic acids is 1. The molecule has 0 aliphatic carbocycles. The van der Waals surface area contributed by atoms with Crippen molar-refractivity contribution in [2.45, 2.75) is 65.4 Å². The molecule has 5 heteroatoms. The van der Waals surface area contributed by atoms with Crippen LogP contribution in [0.2, 0.25) is 0 Å². The van der Waals surface area contributed by atoms with Crippen molar-refractivity contribution in [3.63, 3.8) is 0 Å². The lowest BCUT2D eigenvalue weighted by Crippen LogP contribution is -2.44. The number of aryl methyl sites for hydroxylation is 1. The van der Waals surface area contributed by atoms with E-state index in [-0.39, 0.29) is 12.0 Å². The van der Waals surface area contributed by atoms with Gasteiger partial charge in [0.2, 0.25) is 5.91 Å². The smallest absolute Gasteiger partial charge is 0.274 e. The molecule has 0 unspecified atom stereocenters. The zero-order chi connectivity index (χ0) is 18.5. The lowest BCUT2D eigenvalue weighted by atomic mass is 9.95. The van der Waals surface area contributed by atoms with E-state index < -0.39 is 0 Å². The van der Waals surface area contributed by atoms with Crippen molar-refractivity contribution in [3.05, 3.63) is 23.8 Å². The number of amides is 1. The first-order valence-electron chi connectivity index (χ1n) is 9.94. The van der Waals surface area contributed by atoms with Gasteiger partial charge in [-0.1, -0.05) is 50.2 Å². The molecular formula is C21H30N2O2S. The van der Waals surface area contributed by atoms with Gasteiger partial charge in [0, 0.05) is 31.8 Å². The fourth-order valence-corrected chi connectivity index (χ4v) is 4.76. The highest BCUT2D eigenvalue weighted by Crippen LogP contribution is 2.31. The Morgan fingerprint density at radius 1 is 1.27 bits per heavy atom. The Labute approximate surface area is 160 Å². The second-order valence-corrected chi connectivity index (χ2v) is 8.31. The molecule has 1 saturated heterocycles. The van der Waals surface area contributed by atoms with Crippen LogP contribution < -0.4 is 4.74 Å².